The zero-order valence-corrected chi connectivity index (χ0v) is 17.3. The molecule has 0 saturated carbocycles. The van der Waals surface area contributed by atoms with Gasteiger partial charge in [0, 0.05) is 30.4 Å². The molecule has 1 atom stereocenters. The van der Waals surface area contributed by atoms with Gasteiger partial charge >= 0.3 is 0 Å². The van der Waals surface area contributed by atoms with Crippen molar-refractivity contribution in [3.05, 3.63) is 69.3 Å². The fourth-order valence-electron chi connectivity index (χ4n) is 2.85. The molecule has 0 fully saturated rings. The number of hydrogen-bond donors (Lipinski definition) is 0. The molecule has 3 heterocycles. The van der Waals surface area contributed by atoms with Crippen molar-refractivity contribution in [1.82, 2.24) is 24.1 Å². The predicted molar refractivity (Wildman–Crippen MR) is 110 cm³/mol. The van der Waals surface area contributed by atoms with Crippen LogP contribution in [-0.4, -0.2) is 24.1 Å². The van der Waals surface area contributed by atoms with Crippen LogP contribution in [0.1, 0.15) is 30.1 Å². The Balaban J connectivity index is 1.47. The van der Waals surface area contributed by atoms with E-state index < -0.39 is 0 Å². The molecule has 1 unspecified atom stereocenters. The van der Waals surface area contributed by atoms with Crippen LogP contribution in [0.5, 0.6) is 5.75 Å². The van der Waals surface area contributed by atoms with E-state index in [1.807, 2.05) is 55.1 Å². The highest BCUT2D eigenvalue weighted by Crippen LogP contribution is 2.25. The van der Waals surface area contributed by atoms with Crippen LogP contribution in [-0.2, 0) is 12.8 Å². The molecule has 0 N–H and O–H groups in total. The van der Waals surface area contributed by atoms with Crippen LogP contribution in [0.4, 0.5) is 0 Å². The van der Waals surface area contributed by atoms with E-state index in [4.69, 9.17) is 4.74 Å². The molecule has 0 aliphatic carbocycles. The first kappa shape index (κ1) is 18.7. The molecule has 4 aromatic rings. The third-order valence-corrected chi connectivity index (χ3v) is 6.05. The first-order valence-corrected chi connectivity index (χ1v) is 10.6. The van der Waals surface area contributed by atoms with Crippen molar-refractivity contribution in [2.24, 2.45) is 7.05 Å². The van der Waals surface area contributed by atoms with E-state index in [1.54, 1.807) is 16.7 Å². The van der Waals surface area contributed by atoms with Crippen molar-refractivity contribution in [3.8, 4) is 5.75 Å². The van der Waals surface area contributed by atoms with Gasteiger partial charge in [-0.2, -0.15) is 0 Å². The number of aryl methyl sites for hydroxylation is 1. The van der Waals surface area contributed by atoms with Crippen molar-refractivity contribution in [2.45, 2.75) is 30.9 Å². The summed E-state index contributed by atoms with van der Waals surface area (Å²) in [6.07, 6.45) is 1.50. The Morgan fingerprint density at radius 3 is 2.96 bits per heavy atom. The number of benzene rings is 1. The summed E-state index contributed by atoms with van der Waals surface area (Å²) in [7, 11) is 1.92. The summed E-state index contributed by atoms with van der Waals surface area (Å²) in [6.45, 7) is 3.98. The largest absolute Gasteiger partial charge is 0.483 e. The normalized spacial score (nSPS) is 12.4. The van der Waals surface area contributed by atoms with Crippen molar-refractivity contribution >= 4 is 28.1 Å². The van der Waals surface area contributed by atoms with Gasteiger partial charge in [0.15, 0.2) is 22.0 Å². The summed E-state index contributed by atoms with van der Waals surface area (Å²) in [5, 5.41) is 11.2. The third kappa shape index (κ3) is 3.81. The highest BCUT2D eigenvalue weighted by Gasteiger charge is 2.17. The van der Waals surface area contributed by atoms with Crippen LogP contribution in [0.2, 0.25) is 0 Å². The van der Waals surface area contributed by atoms with E-state index in [0.717, 1.165) is 28.0 Å². The molecule has 0 spiro atoms. The molecular weight excluding hydrogens is 394 g/mol. The zero-order valence-electron chi connectivity index (χ0n) is 15.7. The average Bonchev–Trinajstić information content (AvgIpc) is 3.27. The van der Waals surface area contributed by atoms with E-state index in [0.29, 0.717) is 10.7 Å². The average molecular weight is 414 g/mol. The first-order valence-electron chi connectivity index (χ1n) is 8.72. The monoisotopic (exact) mass is 413 g/mol. The van der Waals surface area contributed by atoms with Gasteiger partial charge in [-0.05, 0) is 31.5 Å². The SMILES string of the molecule is Cc1cccc(OC(C)c2nnc(SCc3cc(=O)n4ccsc4n3)n2C)c1. The minimum atomic E-state index is -0.237. The van der Waals surface area contributed by atoms with Gasteiger partial charge in [0.1, 0.15) is 5.75 Å². The molecule has 0 amide bonds. The molecule has 0 saturated heterocycles. The minimum Gasteiger partial charge on any atom is -0.483 e. The van der Waals surface area contributed by atoms with E-state index in [-0.39, 0.29) is 11.7 Å². The van der Waals surface area contributed by atoms with Gasteiger partial charge in [0.05, 0.1) is 5.69 Å². The van der Waals surface area contributed by atoms with E-state index >= 15 is 0 Å². The molecule has 0 bridgehead atoms. The lowest BCUT2D eigenvalue weighted by Crippen LogP contribution is -2.12. The summed E-state index contributed by atoms with van der Waals surface area (Å²) >= 11 is 2.94. The number of thiazole rings is 1. The molecule has 1 aromatic carbocycles. The lowest BCUT2D eigenvalue weighted by molar-refractivity contribution is 0.211. The summed E-state index contributed by atoms with van der Waals surface area (Å²) in [5.41, 5.74) is 1.80. The van der Waals surface area contributed by atoms with Crippen molar-refractivity contribution in [3.63, 3.8) is 0 Å². The number of fused-ring (bicyclic) bond motifs is 1. The Hall–Kier alpha value is -2.65. The lowest BCUT2D eigenvalue weighted by atomic mass is 10.2. The Bertz CT molecular complexity index is 1180. The molecule has 7 nitrogen and oxygen atoms in total. The van der Waals surface area contributed by atoms with Gasteiger partial charge in [-0.1, -0.05) is 23.9 Å². The van der Waals surface area contributed by atoms with E-state index in [9.17, 15) is 4.79 Å². The van der Waals surface area contributed by atoms with E-state index in [1.165, 1.54) is 23.1 Å². The zero-order chi connectivity index (χ0) is 19.7. The maximum absolute atomic E-state index is 12.1. The molecule has 0 aliphatic heterocycles. The lowest BCUT2D eigenvalue weighted by Gasteiger charge is -2.14. The molecule has 4 rings (SSSR count). The van der Waals surface area contributed by atoms with Crippen molar-refractivity contribution in [2.75, 3.05) is 0 Å². The number of ether oxygens (including phenoxy) is 1. The topological polar surface area (TPSA) is 74.3 Å². The summed E-state index contributed by atoms with van der Waals surface area (Å²) < 4.78 is 9.47. The highest BCUT2D eigenvalue weighted by atomic mass is 32.2. The van der Waals surface area contributed by atoms with Gasteiger partial charge in [-0.15, -0.1) is 21.5 Å². The second-order valence-corrected chi connectivity index (χ2v) is 8.22. The molecule has 28 heavy (non-hydrogen) atoms. The van der Waals surface area contributed by atoms with Gasteiger partial charge in [0.25, 0.3) is 5.56 Å². The quantitative estimate of drug-likeness (QED) is 0.450. The molecule has 0 aliphatic rings. The fraction of sp³-hybridized carbons (Fsp3) is 0.263. The van der Waals surface area contributed by atoms with Crippen LogP contribution >= 0.6 is 23.1 Å². The van der Waals surface area contributed by atoms with Gasteiger partial charge < -0.3 is 9.30 Å². The standard InChI is InChI=1S/C19H19N5O2S2/c1-12-5-4-6-15(9-12)26-13(2)17-21-22-19(23(17)3)28-11-14-10-16(25)24-7-8-27-18(24)20-14/h4-10,13H,11H2,1-3H3. The molecule has 9 heteroatoms. The third-order valence-electron chi connectivity index (χ3n) is 4.24. The van der Waals surface area contributed by atoms with Gasteiger partial charge in [0.2, 0.25) is 0 Å². The Morgan fingerprint density at radius 1 is 1.29 bits per heavy atom. The number of aromatic nitrogens is 5. The number of nitrogens with zero attached hydrogens (tertiary/aromatic N) is 5. The molecule has 144 valence electrons. The van der Waals surface area contributed by atoms with Gasteiger partial charge in [-0.3, -0.25) is 9.20 Å². The van der Waals surface area contributed by atoms with Crippen LogP contribution < -0.4 is 10.3 Å². The Labute approximate surface area is 170 Å². The van der Waals surface area contributed by atoms with Crippen molar-refractivity contribution < 1.29 is 4.74 Å². The van der Waals surface area contributed by atoms with Crippen LogP contribution in [0.15, 0.2) is 51.9 Å². The maximum atomic E-state index is 12.1. The minimum absolute atomic E-state index is 0.0688. The Kier molecular flexibility index (Phi) is 5.19. The Morgan fingerprint density at radius 2 is 2.14 bits per heavy atom. The molecule has 3 aromatic heterocycles. The second kappa shape index (κ2) is 7.76. The number of thioether (sulfide) groups is 1. The van der Waals surface area contributed by atoms with Crippen LogP contribution in [0.3, 0.4) is 0 Å². The summed E-state index contributed by atoms with van der Waals surface area (Å²) in [4.78, 5) is 17.3. The summed E-state index contributed by atoms with van der Waals surface area (Å²) in [5.74, 6) is 2.09. The number of rotatable bonds is 6. The summed E-state index contributed by atoms with van der Waals surface area (Å²) in [6, 6.07) is 9.48. The van der Waals surface area contributed by atoms with Crippen molar-refractivity contribution in [1.29, 1.82) is 0 Å². The van der Waals surface area contributed by atoms with E-state index in [2.05, 4.69) is 15.2 Å². The maximum Gasteiger partial charge on any atom is 0.258 e. The fourth-order valence-corrected chi connectivity index (χ4v) is 4.40. The highest BCUT2D eigenvalue weighted by molar-refractivity contribution is 7.98. The second-order valence-electron chi connectivity index (χ2n) is 6.41. The van der Waals surface area contributed by atoms with Crippen LogP contribution in [0, 0.1) is 6.92 Å². The van der Waals surface area contributed by atoms with Crippen LogP contribution in [0.25, 0.3) is 4.96 Å². The molecule has 0 radical (unpaired) electrons. The number of hydrogen-bond acceptors (Lipinski definition) is 7. The molecular formula is C19H19N5O2S2. The first-order chi connectivity index (χ1) is 13.5. The predicted octanol–water partition coefficient (Wildman–Crippen LogP) is 3.63. The van der Waals surface area contributed by atoms with Gasteiger partial charge in [-0.25, -0.2) is 4.98 Å². The smallest absolute Gasteiger partial charge is 0.258 e.